The Kier molecular flexibility index (Phi) is 3.84. The zero-order valence-electron chi connectivity index (χ0n) is 13.2. The minimum Gasteiger partial charge on any atom is -0.351 e. The van der Waals surface area contributed by atoms with Crippen LogP contribution in [0.5, 0.6) is 0 Å². The molecule has 25 heavy (non-hydrogen) atoms. The molecule has 1 spiro atoms. The van der Waals surface area contributed by atoms with E-state index in [0.717, 1.165) is 6.07 Å². The molecule has 0 aromatic carbocycles. The summed E-state index contributed by atoms with van der Waals surface area (Å²) < 4.78 is 51.1. The van der Waals surface area contributed by atoms with Crippen LogP contribution in [0.4, 0.5) is 19.0 Å². The molecular formula is C16H15F3N4O2. The number of aromatic nitrogens is 3. The van der Waals surface area contributed by atoms with Gasteiger partial charge in [-0.2, -0.15) is 13.2 Å². The van der Waals surface area contributed by atoms with Crippen molar-refractivity contribution < 1.29 is 22.6 Å². The number of halogens is 3. The van der Waals surface area contributed by atoms with Crippen LogP contribution in [-0.2, 0) is 15.7 Å². The van der Waals surface area contributed by atoms with E-state index < -0.39 is 17.7 Å². The topological polar surface area (TPSA) is 60.4 Å². The van der Waals surface area contributed by atoms with E-state index in [1.807, 2.05) is 0 Å². The van der Waals surface area contributed by atoms with E-state index in [0.29, 0.717) is 38.3 Å². The van der Waals surface area contributed by atoms with Crippen molar-refractivity contribution in [3.63, 3.8) is 0 Å². The molecule has 2 aromatic rings. The third kappa shape index (κ3) is 3.16. The van der Waals surface area contributed by atoms with Crippen molar-refractivity contribution in [2.75, 3.05) is 31.2 Å². The van der Waals surface area contributed by atoms with E-state index in [4.69, 9.17) is 9.47 Å². The normalized spacial score (nSPS) is 19.7. The van der Waals surface area contributed by atoms with Crippen molar-refractivity contribution in [3.8, 4) is 11.4 Å². The van der Waals surface area contributed by atoms with Gasteiger partial charge in [0.15, 0.2) is 17.3 Å². The predicted molar refractivity (Wildman–Crippen MR) is 81.7 cm³/mol. The number of hydrogen-bond donors (Lipinski definition) is 0. The van der Waals surface area contributed by atoms with Crippen LogP contribution >= 0.6 is 0 Å². The van der Waals surface area contributed by atoms with Gasteiger partial charge in [0.1, 0.15) is 5.82 Å². The first kappa shape index (κ1) is 16.2. The van der Waals surface area contributed by atoms with Crippen molar-refractivity contribution >= 4 is 5.82 Å². The number of rotatable bonds is 2. The lowest BCUT2D eigenvalue weighted by Crippen LogP contribution is -2.34. The van der Waals surface area contributed by atoms with Gasteiger partial charge in [0.25, 0.3) is 0 Å². The molecule has 4 rings (SSSR count). The molecule has 6 nitrogen and oxygen atoms in total. The maximum atomic E-state index is 13.3. The maximum absolute atomic E-state index is 13.3. The zero-order chi connectivity index (χ0) is 17.5. The Morgan fingerprint density at radius 1 is 1.08 bits per heavy atom. The summed E-state index contributed by atoms with van der Waals surface area (Å²) in [6, 6.07) is 4.13. The molecule has 2 aromatic heterocycles. The molecule has 0 bridgehead atoms. The fraction of sp³-hybridized carbons (Fsp3) is 0.438. The molecule has 0 radical (unpaired) electrons. The molecule has 2 aliphatic rings. The number of alkyl halides is 3. The van der Waals surface area contributed by atoms with Crippen molar-refractivity contribution in [1.82, 2.24) is 15.0 Å². The molecule has 0 unspecified atom stereocenters. The Morgan fingerprint density at radius 2 is 1.80 bits per heavy atom. The first-order valence-corrected chi connectivity index (χ1v) is 7.85. The summed E-state index contributed by atoms with van der Waals surface area (Å²) in [7, 11) is 0. The Bertz CT molecular complexity index is 764. The molecular weight excluding hydrogens is 337 g/mol. The van der Waals surface area contributed by atoms with Crippen LogP contribution in [0.1, 0.15) is 12.1 Å². The summed E-state index contributed by atoms with van der Waals surface area (Å²) in [5.74, 6) is -0.508. The largest absolute Gasteiger partial charge is 0.433 e. The third-order valence-electron chi connectivity index (χ3n) is 4.27. The molecule has 9 heteroatoms. The lowest BCUT2D eigenvalue weighted by molar-refractivity contribution is -0.141. The van der Waals surface area contributed by atoms with Crippen molar-refractivity contribution in [3.05, 3.63) is 36.3 Å². The fourth-order valence-electron chi connectivity index (χ4n) is 3.05. The van der Waals surface area contributed by atoms with Gasteiger partial charge in [-0.1, -0.05) is 0 Å². The maximum Gasteiger partial charge on any atom is 0.433 e. The second kappa shape index (κ2) is 5.92. The lowest BCUT2D eigenvalue weighted by Gasteiger charge is -2.23. The molecule has 0 N–H and O–H groups in total. The number of nitrogens with zero attached hydrogens (tertiary/aromatic N) is 4. The van der Waals surface area contributed by atoms with Gasteiger partial charge in [0, 0.05) is 37.0 Å². The molecule has 0 saturated carbocycles. The zero-order valence-corrected chi connectivity index (χ0v) is 13.2. The standard InChI is InChI=1S/C16H15F3N4O2/c17-16(18,19)12-9-13(22-14(21-12)11-1-4-20-5-2-11)23-6-3-15(10-23)24-7-8-25-15/h1-2,4-5,9H,3,6-8,10H2. The molecule has 2 saturated heterocycles. The number of pyridine rings is 1. The van der Waals surface area contributed by atoms with Crippen LogP contribution in [0, 0.1) is 0 Å². The van der Waals surface area contributed by atoms with Gasteiger partial charge in [-0.25, -0.2) is 9.97 Å². The monoisotopic (exact) mass is 352 g/mol. The van der Waals surface area contributed by atoms with E-state index >= 15 is 0 Å². The van der Waals surface area contributed by atoms with E-state index in [1.165, 1.54) is 12.4 Å². The van der Waals surface area contributed by atoms with Gasteiger partial charge in [0.05, 0.1) is 19.8 Å². The van der Waals surface area contributed by atoms with Gasteiger partial charge < -0.3 is 14.4 Å². The molecule has 2 aliphatic heterocycles. The lowest BCUT2D eigenvalue weighted by atomic mass is 10.2. The van der Waals surface area contributed by atoms with E-state index in [-0.39, 0.29) is 11.6 Å². The van der Waals surface area contributed by atoms with Crippen LogP contribution in [0.3, 0.4) is 0 Å². The Hall–Kier alpha value is -2.26. The molecule has 0 atom stereocenters. The number of ether oxygens (including phenoxy) is 2. The smallest absolute Gasteiger partial charge is 0.351 e. The summed E-state index contributed by atoms with van der Waals surface area (Å²) in [5.41, 5.74) is -0.497. The van der Waals surface area contributed by atoms with Crippen LogP contribution < -0.4 is 4.90 Å². The highest BCUT2D eigenvalue weighted by Gasteiger charge is 2.44. The summed E-state index contributed by atoms with van der Waals surface area (Å²) in [6.45, 7) is 1.84. The molecule has 132 valence electrons. The van der Waals surface area contributed by atoms with E-state index in [2.05, 4.69) is 15.0 Å². The van der Waals surface area contributed by atoms with Crippen molar-refractivity contribution in [2.45, 2.75) is 18.4 Å². The second-order valence-electron chi connectivity index (χ2n) is 5.95. The SMILES string of the molecule is FC(F)(F)c1cc(N2CCC3(C2)OCCO3)nc(-c2ccncc2)n1. The summed E-state index contributed by atoms with van der Waals surface area (Å²) >= 11 is 0. The van der Waals surface area contributed by atoms with Gasteiger partial charge >= 0.3 is 6.18 Å². The van der Waals surface area contributed by atoms with Crippen LogP contribution in [0.15, 0.2) is 30.6 Å². The molecule has 0 aliphatic carbocycles. The van der Waals surface area contributed by atoms with Gasteiger partial charge in [-0.15, -0.1) is 0 Å². The molecule has 0 amide bonds. The van der Waals surface area contributed by atoms with Gasteiger partial charge in [-0.05, 0) is 12.1 Å². The van der Waals surface area contributed by atoms with Crippen molar-refractivity contribution in [1.29, 1.82) is 0 Å². The fourth-order valence-corrected chi connectivity index (χ4v) is 3.05. The second-order valence-corrected chi connectivity index (χ2v) is 5.95. The molecule has 4 heterocycles. The minimum atomic E-state index is -4.56. The van der Waals surface area contributed by atoms with Crippen LogP contribution in [0.2, 0.25) is 0 Å². The van der Waals surface area contributed by atoms with Gasteiger partial charge in [0.2, 0.25) is 0 Å². The van der Waals surface area contributed by atoms with Crippen LogP contribution in [-0.4, -0.2) is 47.0 Å². The third-order valence-corrected chi connectivity index (χ3v) is 4.27. The summed E-state index contributed by atoms with van der Waals surface area (Å²) in [4.78, 5) is 13.6. The highest BCUT2D eigenvalue weighted by Crippen LogP contribution is 2.36. The highest BCUT2D eigenvalue weighted by molar-refractivity contribution is 5.57. The van der Waals surface area contributed by atoms with E-state index in [9.17, 15) is 13.2 Å². The Balaban J connectivity index is 1.72. The number of hydrogen-bond acceptors (Lipinski definition) is 6. The summed E-state index contributed by atoms with van der Waals surface area (Å²) in [5, 5.41) is 0. The molecule has 2 fully saturated rings. The summed E-state index contributed by atoms with van der Waals surface area (Å²) in [6.07, 6.45) is -0.993. The van der Waals surface area contributed by atoms with Gasteiger partial charge in [-0.3, -0.25) is 4.98 Å². The average molecular weight is 352 g/mol. The Labute approximate surface area is 141 Å². The number of anilines is 1. The van der Waals surface area contributed by atoms with Crippen molar-refractivity contribution in [2.24, 2.45) is 0 Å². The average Bonchev–Trinajstić information content (AvgIpc) is 3.25. The first-order valence-electron chi connectivity index (χ1n) is 7.85. The highest BCUT2D eigenvalue weighted by atomic mass is 19.4. The van der Waals surface area contributed by atoms with Crippen LogP contribution in [0.25, 0.3) is 11.4 Å². The quantitative estimate of drug-likeness (QED) is 0.828. The predicted octanol–water partition coefficient (Wildman–Crippen LogP) is 2.51. The first-order chi connectivity index (χ1) is 12.0. The van der Waals surface area contributed by atoms with E-state index in [1.54, 1.807) is 17.0 Å². The minimum absolute atomic E-state index is 0.0152. The Morgan fingerprint density at radius 3 is 2.48 bits per heavy atom.